The van der Waals surface area contributed by atoms with Crippen LogP contribution >= 0.6 is 0 Å². The molecule has 1 saturated heterocycles. The first-order valence-corrected chi connectivity index (χ1v) is 6.04. The molecule has 1 N–H and O–H groups in total. The average Bonchev–Trinajstić information content (AvgIpc) is 2.83. The van der Waals surface area contributed by atoms with E-state index in [-0.39, 0.29) is 11.8 Å². The van der Waals surface area contributed by atoms with E-state index in [1.807, 2.05) is 6.92 Å². The van der Waals surface area contributed by atoms with Crippen molar-refractivity contribution in [3.05, 3.63) is 12.2 Å². The fraction of sp³-hybridized carbons (Fsp3) is 0.636. The van der Waals surface area contributed by atoms with Crippen molar-refractivity contribution in [1.29, 1.82) is 0 Å². The number of carbonyl (C=O) groups is 2. The second-order valence-corrected chi connectivity index (χ2v) is 4.19. The molecule has 1 aromatic heterocycles. The zero-order valence-electron chi connectivity index (χ0n) is 10.3. The predicted molar refractivity (Wildman–Crippen MR) is 61.4 cm³/mol. The number of amides is 2. The molecule has 0 radical (unpaired) electrons. The van der Waals surface area contributed by atoms with Gasteiger partial charge < -0.3 is 14.7 Å². The van der Waals surface area contributed by atoms with Crippen molar-refractivity contribution >= 4 is 11.8 Å². The molecule has 18 heavy (non-hydrogen) atoms. The minimum absolute atomic E-state index is 0.0390. The number of carbonyl (C=O) groups excluding carboxylic acids is 2. The Hall–Kier alpha value is -1.92. The Morgan fingerprint density at radius 3 is 3.06 bits per heavy atom. The molecular weight excluding hydrogens is 236 g/mol. The number of aromatic nitrogens is 2. The van der Waals surface area contributed by atoms with Crippen molar-refractivity contribution in [2.24, 2.45) is 0 Å². The van der Waals surface area contributed by atoms with E-state index in [2.05, 4.69) is 15.5 Å². The molecule has 2 heterocycles. The van der Waals surface area contributed by atoms with Gasteiger partial charge in [-0.05, 0) is 6.42 Å². The van der Waals surface area contributed by atoms with Crippen LogP contribution in [-0.4, -0.2) is 46.0 Å². The van der Waals surface area contributed by atoms with Crippen LogP contribution in [0.1, 0.15) is 25.7 Å². The third-order valence-electron chi connectivity index (χ3n) is 2.96. The largest absolute Gasteiger partial charge is 0.344 e. The van der Waals surface area contributed by atoms with E-state index in [1.165, 1.54) is 6.33 Å². The topological polar surface area (TPSA) is 88.3 Å². The van der Waals surface area contributed by atoms with Crippen LogP contribution in [-0.2, 0) is 16.0 Å². The summed E-state index contributed by atoms with van der Waals surface area (Å²) >= 11 is 0. The lowest BCUT2D eigenvalue weighted by atomic mass is 10.2. The summed E-state index contributed by atoms with van der Waals surface area (Å²) in [6.45, 7) is 2.81. The summed E-state index contributed by atoms with van der Waals surface area (Å²) < 4.78 is 4.88. The lowest BCUT2D eigenvalue weighted by molar-refractivity contribution is -0.133. The van der Waals surface area contributed by atoms with E-state index in [0.717, 1.165) is 0 Å². The molecule has 7 nitrogen and oxygen atoms in total. The van der Waals surface area contributed by atoms with E-state index in [4.69, 9.17) is 4.52 Å². The Bertz CT molecular complexity index is 418. The van der Waals surface area contributed by atoms with Crippen molar-refractivity contribution in [1.82, 2.24) is 20.4 Å². The van der Waals surface area contributed by atoms with E-state index in [0.29, 0.717) is 38.2 Å². The summed E-state index contributed by atoms with van der Waals surface area (Å²) in [6, 6.07) is -0.414. The van der Waals surface area contributed by atoms with Gasteiger partial charge in [0.25, 0.3) is 0 Å². The predicted octanol–water partition coefficient (Wildman–Crippen LogP) is -0.261. The molecule has 0 saturated carbocycles. The molecule has 7 heteroatoms. The second-order valence-electron chi connectivity index (χ2n) is 4.19. The SMILES string of the molecule is CCC1NC(=O)CCN(CCc2ncno2)C1=O. The second kappa shape index (κ2) is 5.61. The summed E-state index contributed by atoms with van der Waals surface area (Å²) in [5.74, 6) is 0.387. The van der Waals surface area contributed by atoms with Gasteiger partial charge in [0, 0.05) is 25.9 Å². The lowest BCUT2D eigenvalue weighted by Gasteiger charge is -2.22. The minimum atomic E-state index is -0.414. The number of nitrogens with one attached hydrogen (secondary N) is 1. The van der Waals surface area contributed by atoms with E-state index < -0.39 is 6.04 Å². The molecule has 1 atom stereocenters. The van der Waals surface area contributed by atoms with Gasteiger partial charge in [-0.25, -0.2) is 0 Å². The summed E-state index contributed by atoms with van der Waals surface area (Å²) in [6.07, 6.45) is 2.78. The molecule has 1 aromatic rings. The maximum atomic E-state index is 12.1. The fourth-order valence-corrected chi connectivity index (χ4v) is 1.93. The van der Waals surface area contributed by atoms with Crippen molar-refractivity contribution in [2.45, 2.75) is 32.2 Å². The fourth-order valence-electron chi connectivity index (χ4n) is 1.93. The number of hydrogen-bond acceptors (Lipinski definition) is 5. The van der Waals surface area contributed by atoms with Crippen LogP contribution in [0.5, 0.6) is 0 Å². The molecule has 0 aromatic carbocycles. The number of rotatable bonds is 4. The van der Waals surface area contributed by atoms with Crippen LogP contribution in [0, 0.1) is 0 Å². The van der Waals surface area contributed by atoms with Gasteiger partial charge in [0.1, 0.15) is 6.04 Å². The van der Waals surface area contributed by atoms with Crippen LogP contribution in [0.25, 0.3) is 0 Å². The number of nitrogens with zero attached hydrogens (tertiary/aromatic N) is 3. The highest BCUT2D eigenvalue weighted by Gasteiger charge is 2.28. The molecule has 1 unspecified atom stereocenters. The lowest BCUT2D eigenvalue weighted by Crippen LogP contribution is -2.44. The Labute approximate surface area is 105 Å². The van der Waals surface area contributed by atoms with Gasteiger partial charge in [-0.15, -0.1) is 0 Å². The summed E-state index contributed by atoms with van der Waals surface area (Å²) in [5.41, 5.74) is 0. The summed E-state index contributed by atoms with van der Waals surface area (Å²) in [5, 5.41) is 6.23. The zero-order chi connectivity index (χ0) is 13.0. The summed E-state index contributed by atoms with van der Waals surface area (Å²) in [4.78, 5) is 29.2. The van der Waals surface area contributed by atoms with E-state index >= 15 is 0 Å². The average molecular weight is 252 g/mol. The maximum Gasteiger partial charge on any atom is 0.245 e. The monoisotopic (exact) mass is 252 g/mol. The minimum Gasteiger partial charge on any atom is -0.344 e. The molecule has 0 bridgehead atoms. The highest BCUT2D eigenvalue weighted by atomic mass is 16.5. The molecule has 98 valence electrons. The van der Waals surface area contributed by atoms with E-state index in [9.17, 15) is 9.59 Å². The Morgan fingerprint density at radius 2 is 2.39 bits per heavy atom. The van der Waals surface area contributed by atoms with Crippen LogP contribution in [0.2, 0.25) is 0 Å². The normalized spacial score (nSPS) is 20.7. The van der Waals surface area contributed by atoms with Gasteiger partial charge in [0.2, 0.25) is 17.7 Å². The van der Waals surface area contributed by atoms with Gasteiger partial charge in [-0.1, -0.05) is 12.1 Å². The van der Waals surface area contributed by atoms with Crippen molar-refractivity contribution < 1.29 is 14.1 Å². The maximum absolute atomic E-state index is 12.1. The first-order chi connectivity index (χ1) is 8.70. The Kier molecular flexibility index (Phi) is 3.91. The standard InChI is InChI=1S/C11H16N4O3/c1-2-8-11(17)15(5-3-9(16)14-8)6-4-10-12-7-13-18-10/h7-8H,2-6H2,1H3,(H,14,16). The highest BCUT2D eigenvalue weighted by molar-refractivity contribution is 5.89. The smallest absolute Gasteiger partial charge is 0.245 e. The molecular formula is C11H16N4O3. The molecule has 2 rings (SSSR count). The van der Waals surface area contributed by atoms with Gasteiger partial charge in [0.05, 0.1) is 0 Å². The Morgan fingerprint density at radius 1 is 1.56 bits per heavy atom. The first-order valence-electron chi connectivity index (χ1n) is 6.04. The molecule has 1 aliphatic heterocycles. The van der Waals surface area contributed by atoms with Crippen LogP contribution in [0.15, 0.2) is 10.9 Å². The molecule has 1 aliphatic rings. The Balaban J connectivity index is 1.97. The van der Waals surface area contributed by atoms with Gasteiger partial charge >= 0.3 is 0 Å². The van der Waals surface area contributed by atoms with Crippen molar-refractivity contribution in [3.63, 3.8) is 0 Å². The molecule has 0 spiro atoms. The summed E-state index contributed by atoms with van der Waals surface area (Å²) in [7, 11) is 0. The van der Waals surface area contributed by atoms with Gasteiger partial charge in [-0.3, -0.25) is 9.59 Å². The zero-order valence-corrected chi connectivity index (χ0v) is 10.3. The quantitative estimate of drug-likeness (QED) is 0.797. The molecule has 2 amide bonds. The first kappa shape index (κ1) is 12.5. The van der Waals surface area contributed by atoms with Crippen LogP contribution < -0.4 is 5.32 Å². The third-order valence-corrected chi connectivity index (χ3v) is 2.96. The molecule has 1 fully saturated rings. The van der Waals surface area contributed by atoms with Crippen molar-refractivity contribution in [2.75, 3.05) is 13.1 Å². The van der Waals surface area contributed by atoms with Crippen LogP contribution in [0.3, 0.4) is 0 Å². The van der Waals surface area contributed by atoms with E-state index in [1.54, 1.807) is 4.90 Å². The third kappa shape index (κ3) is 2.85. The number of hydrogen-bond donors (Lipinski definition) is 1. The van der Waals surface area contributed by atoms with Gasteiger partial charge in [-0.2, -0.15) is 4.98 Å². The van der Waals surface area contributed by atoms with Crippen LogP contribution in [0.4, 0.5) is 0 Å². The van der Waals surface area contributed by atoms with Gasteiger partial charge in [0.15, 0.2) is 6.33 Å². The van der Waals surface area contributed by atoms with Crippen molar-refractivity contribution in [3.8, 4) is 0 Å². The highest BCUT2D eigenvalue weighted by Crippen LogP contribution is 2.07. The molecule has 0 aliphatic carbocycles.